The van der Waals surface area contributed by atoms with Gasteiger partial charge in [0.2, 0.25) is 0 Å². The zero-order valence-corrected chi connectivity index (χ0v) is 7.85. The summed E-state index contributed by atoms with van der Waals surface area (Å²) in [6.07, 6.45) is 0. The molecule has 0 aromatic heterocycles. The fourth-order valence-electron chi connectivity index (χ4n) is 0.843. The summed E-state index contributed by atoms with van der Waals surface area (Å²) in [6, 6.07) is 4.55. The Kier molecular flexibility index (Phi) is 2.92. The van der Waals surface area contributed by atoms with Crippen LogP contribution in [-0.4, -0.2) is 11.0 Å². The van der Waals surface area contributed by atoms with Crippen molar-refractivity contribution in [2.75, 3.05) is 4.31 Å². The molecule has 1 aromatic rings. The molecule has 0 saturated heterocycles. The highest BCUT2D eigenvalue weighted by atomic mass is 32.1. The van der Waals surface area contributed by atoms with Crippen LogP contribution >= 0.6 is 12.8 Å². The van der Waals surface area contributed by atoms with Crippen molar-refractivity contribution < 1.29 is 9.72 Å². The van der Waals surface area contributed by atoms with Crippen LogP contribution in [0.25, 0.3) is 0 Å². The number of carbonyl (C=O) groups excluding carboxylic acids is 1. The zero-order valence-electron chi connectivity index (χ0n) is 6.95. The molecule has 0 saturated carbocycles. The number of urea groups is 1. The third-order valence-corrected chi connectivity index (χ3v) is 1.94. The van der Waals surface area contributed by atoms with Gasteiger partial charge in [-0.1, -0.05) is 12.8 Å². The maximum Gasteiger partial charge on any atom is 0.329 e. The van der Waals surface area contributed by atoms with Crippen molar-refractivity contribution in [2.24, 2.45) is 5.73 Å². The standard InChI is InChI=1S/C7H7N3O3S/c8-7(11)9(14)5-1-3-6(4-2-5)10(12)13/h1-4,14H,(H2,8,11). The number of nitrogens with zero attached hydrogens (tertiary/aromatic N) is 2. The number of anilines is 1. The molecular formula is C7H7N3O3S. The third-order valence-electron chi connectivity index (χ3n) is 1.51. The van der Waals surface area contributed by atoms with Crippen LogP contribution in [0.5, 0.6) is 0 Å². The first-order valence-corrected chi connectivity index (χ1v) is 3.95. The summed E-state index contributed by atoms with van der Waals surface area (Å²) in [6.45, 7) is 0. The molecule has 0 bridgehead atoms. The van der Waals surface area contributed by atoms with E-state index in [-0.39, 0.29) is 5.69 Å². The number of hydrogen-bond acceptors (Lipinski definition) is 4. The second kappa shape index (κ2) is 3.97. The number of hydrogen-bond donors (Lipinski definition) is 2. The van der Waals surface area contributed by atoms with Crippen molar-refractivity contribution in [3.63, 3.8) is 0 Å². The minimum atomic E-state index is -0.748. The number of benzene rings is 1. The van der Waals surface area contributed by atoms with Gasteiger partial charge in [-0.15, -0.1) is 0 Å². The van der Waals surface area contributed by atoms with E-state index in [0.717, 1.165) is 4.31 Å². The number of nitrogens with two attached hydrogens (primary N) is 1. The van der Waals surface area contributed by atoms with Gasteiger partial charge in [-0.25, -0.2) is 9.10 Å². The summed E-state index contributed by atoms with van der Waals surface area (Å²) in [5, 5.41) is 10.3. The Morgan fingerprint density at radius 3 is 2.29 bits per heavy atom. The predicted octanol–water partition coefficient (Wildman–Crippen LogP) is 1.32. The number of amides is 2. The van der Waals surface area contributed by atoms with Gasteiger partial charge in [-0.05, 0) is 12.1 Å². The highest BCUT2D eigenvalue weighted by Gasteiger charge is 2.09. The van der Waals surface area contributed by atoms with Crippen molar-refractivity contribution in [3.8, 4) is 0 Å². The van der Waals surface area contributed by atoms with Gasteiger partial charge in [0.15, 0.2) is 0 Å². The van der Waals surface area contributed by atoms with Crippen LogP contribution < -0.4 is 10.0 Å². The molecule has 0 atom stereocenters. The fraction of sp³-hybridized carbons (Fsp3) is 0. The summed E-state index contributed by atoms with van der Waals surface area (Å²) in [7, 11) is 0. The molecular weight excluding hydrogens is 206 g/mol. The number of nitro benzene ring substituents is 1. The van der Waals surface area contributed by atoms with E-state index >= 15 is 0 Å². The number of rotatable bonds is 2. The summed E-state index contributed by atoms with van der Waals surface area (Å²) in [4.78, 5) is 20.4. The van der Waals surface area contributed by atoms with Crippen molar-refractivity contribution in [2.45, 2.75) is 0 Å². The molecule has 0 spiro atoms. The lowest BCUT2D eigenvalue weighted by atomic mass is 10.3. The topological polar surface area (TPSA) is 89.5 Å². The van der Waals surface area contributed by atoms with Crippen LogP contribution in [0.1, 0.15) is 0 Å². The fourth-order valence-corrected chi connectivity index (χ4v) is 0.976. The highest BCUT2D eigenvalue weighted by Crippen LogP contribution is 2.20. The summed E-state index contributed by atoms with van der Waals surface area (Å²) in [5.41, 5.74) is 5.27. The quantitative estimate of drug-likeness (QED) is 0.441. The molecule has 0 heterocycles. The Bertz CT molecular complexity index is 365. The second-order valence-corrected chi connectivity index (χ2v) is 2.82. The molecule has 14 heavy (non-hydrogen) atoms. The molecule has 0 aliphatic rings. The molecule has 7 heteroatoms. The van der Waals surface area contributed by atoms with Crippen LogP contribution in [0, 0.1) is 10.1 Å². The van der Waals surface area contributed by atoms with Gasteiger partial charge in [0.1, 0.15) is 0 Å². The zero-order chi connectivity index (χ0) is 10.7. The first-order chi connectivity index (χ1) is 6.52. The van der Waals surface area contributed by atoms with E-state index in [1.165, 1.54) is 24.3 Å². The Hall–Kier alpha value is -1.76. The minimum absolute atomic E-state index is 0.0556. The molecule has 0 radical (unpaired) electrons. The van der Waals surface area contributed by atoms with Crippen LogP contribution in [-0.2, 0) is 0 Å². The second-order valence-electron chi connectivity index (χ2n) is 2.42. The van der Waals surface area contributed by atoms with Gasteiger partial charge >= 0.3 is 6.03 Å². The Labute approximate surface area is 85.0 Å². The predicted molar refractivity (Wildman–Crippen MR) is 54.1 cm³/mol. The van der Waals surface area contributed by atoms with E-state index in [0.29, 0.717) is 5.69 Å². The first-order valence-electron chi connectivity index (χ1n) is 3.55. The van der Waals surface area contributed by atoms with Gasteiger partial charge in [-0.2, -0.15) is 0 Å². The van der Waals surface area contributed by atoms with Crippen LogP contribution in [0.3, 0.4) is 0 Å². The molecule has 2 N–H and O–H groups in total. The lowest BCUT2D eigenvalue weighted by Gasteiger charge is -2.11. The lowest BCUT2D eigenvalue weighted by Crippen LogP contribution is -2.27. The van der Waals surface area contributed by atoms with Gasteiger partial charge in [0.25, 0.3) is 5.69 Å². The van der Waals surface area contributed by atoms with Gasteiger partial charge in [0, 0.05) is 12.1 Å². The molecule has 0 fully saturated rings. The summed E-state index contributed by atoms with van der Waals surface area (Å²) < 4.78 is 0.893. The summed E-state index contributed by atoms with van der Waals surface area (Å²) in [5.74, 6) is 0. The van der Waals surface area contributed by atoms with Crippen LogP contribution in [0.15, 0.2) is 24.3 Å². The largest absolute Gasteiger partial charge is 0.350 e. The van der Waals surface area contributed by atoms with E-state index < -0.39 is 11.0 Å². The van der Waals surface area contributed by atoms with E-state index in [1.807, 2.05) is 0 Å². The lowest BCUT2D eigenvalue weighted by molar-refractivity contribution is -0.384. The van der Waals surface area contributed by atoms with Crippen LogP contribution in [0.4, 0.5) is 16.2 Å². The molecule has 1 rings (SSSR count). The maximum absolute atomic E-state index is 10.7. The van der Waals surface area contributed by atoms with Gasteiger partial charge in [-0.3, -0.25) is 10.1 Å². The van der Waals surface area contributed by atoms with E-state index in [1.54, 1.807) is 0 Å². The molecule has 6 nitrogen and oxygen atoms in total. The molecule has 0 unspecified atom stereocenters. The third kappa shape index (κ3) is 2.13. The number of thiol groups is 1. The van der Waals surface area contributed by atoms with Crippen molar-refractivity contribution in [1.29, 1.82) is 0 Å². The SMILES string of the molecule is NC(=O)N(S)c1ccc([N+](=O)[O-])cc1. The number of carbonyl (C=O) groups is 1. The molecule has 0 aliphatic carbocycles. The van der Waals surface area contributed by atoms with Crippen LogP contribution in [0.2, 0.25) is 0 Å². The van der Waals surface area contributed by atoms with E-state index in [2.05, 4.69) is 12.8 Å². The smallest absolute Gasteiger partial charge is 0.329 e. The first kappa shape index (κ1) is 10.3. The van der Waals surface area contributed by atoms with E-state index in [9.17, 15) is 14.9 Å². The normalized spacial score (nSPS) is 9.50. The van der Waals surface area contributed by atoms with E-state index in [4.69, 9.17) is 5.73 Å². The molecule has 2 amide bonds. The Morgan fingerprint density at radius 2 is 1.93 bits per heavy atom. The average Bonchev–Trinajstić information content (AvgIpc) is 2.16. The molecule has 74 valence electrons. The monoisotopic (exact) mass is 213 g/mol. The van der Waals surface area contributed by atoms with Crippen molar-refractivity contribution in [1.82, 2.24) is 0 Å². The Balaban J connectivity index is 2.94. The number of primary amides is 1. The minimum Gasteiger partial charge on any atom is -0.350 e. The van der Waals surface area contributed by atoms with Crippen molar-refractivity contribution in [3.05, 3.63) is 34.4 Å². The Morgan fingerprint density at radius 1 is 1.43 bits per heavy atom. The molecule has 1 aromatic carbocycles. The average molecular weight is 213 g/mol. The molecule has 0 aliphatic heterocycles. The van der Waals surface area contributed by atoms with Crippen molar-refractivity contribution >= 4 is 30.2 Å². The number of non-ortho nitro benzene ring substituents is 1. The maximum atomic E-state index is 10.7. The van der Waals surface area contributed by atoms with Gasteiger partial charge in [0.05, 0.1) is 10.6 Å². The number of nitro groups is 1. The van der Waals surface area contributed by atoms with Gasteiger partial charge < -0.3 is 5.73 Å². The summed E-state index contributed by atoms with van der Waals surface area (Å²) >= 11 is 3.79. The highest BCUT2D eigenvalue weighted by molar-refractivity contribution is 7.82.